The highest BCUT2D eigenvalue weighted by atomic mass is 16.2. The van der Waals surface area contributed by atoms with E-state index < -0.39 is 0 Å². The normalized spacial score (nSPS) is 20.3. The number of amides is 2. The molecule has 18 heavy (non-hydrogen) atoms. The lowest BCUT2D eigenvalue weighted by molar-refractivity contribution is 0.0620. The van der Waals surface area contributed by atoms with Gasteiger partial charge in [0.05, 0.1) is 11.1 Å². The standard InChI is InChI=1S/C15H16NO2/c17-14-12-8-4-5-9-13(12)15(18)16(14)10-11-6-2-1-3-7-11/h1,4-5,8-9,11H,2-3,6-7,10H2. The number of benzene rings is 1. The van der Waals surface area contributed by atoms with Crippen molar-refractivity contribution in [2.24, 2.45) is 5.92 Å². The Bertz CT molecular complexity index is 454. The molecule has 3 heteroatoms. The van der Waals surface area contributed by atoms with Gasteiger partial charge in [-0.3, -0.25) is 14.5 Å². The quantitative estimate of drug-likeness (QED) is 0.748. The molecular weight excluding hydrogens is 226 g/mol. The van der Waals surface area contributed by atoms with Crippen LogP contribution in [0.25, 0.3) is 0 Å². The molecule has 1 aliphatic heterocycles. The predicted octanol–water partition coefficient (Wildman–Crippen LogP) is 2.68. The largest absolute Gasteiger partial charge is 0.274 e. The van der Waals surface area contributed by atoms with Crippen LogP contribution in [0.3, 0.4) is 0 Å². The summed E-state index contributed by atoms with van der Waals surface area (Å²) < 4.78 is 0. The topological polar surface area (TPSA) is 37.4 Å². The molecule has 0 spiro atoms. The molecule has 1 aliphatic carbocycles. The summed E-state index contributed by atoms with van der Waals surface area (Å²) in [5.41, 5.74) is 1.12. The van der Waals surface area contributed by atoms with Crippen molar-refractivity contribution in [3.05, 3.63) is 41.8 Å². The van der Waals surface area contributed by atoms with Gasteiger partial charge in [0.25, 0.3) is 11.8 Å². The average Bonchev–Trinajstić information content (AvgIpc) is 2.66. The Morgan fingerprint density at radius 2 is 1.56 bits per heavy atom. The summed E-state index contributed by atoms with van der Waals surface area (Å²) in [6, 6.07) is 7.10. The zero-order chi connectivity index (χ0) is 12.5. The van der Waals surface area contributed by atoms with E-state index in [0.29, 0.717) is 23.6 Å². The molecule has 0 saturated heterocycles. The van der Waals surface area contributed by atoms with Gasteiger partial charge in [0, 0.05) is 6.54 Å². The monoisotopic (exact) mass is 242 g/mol. The van der Waals surface area contributed by atoms with E-state index in [-0.39, 0.29) is 11.8 Å². The first-order valence-electron chi connectivity index (χ1n) is 6.54. The molecule has 1 heterocycles. The Morgan fingerprint density at radius 3 is 2.11 bits per heavy atom. The fourth-order valence-electron chi connectivity index (χ4n) is 2.84. The molecule has 1 radical (unpaired) electrons. The molecule has 0 unspecified atom stereocenters. The van der Waals surface area contributed by atoms with Crippen molar-refractivity contribution in [3.8, 4) is 0 Å². The number of hydrogen-bond acceptors (Lipinski definition) is 2. The fourth-order valence-corrected chi connectivity index (χ4v) is 2.84. The van der Waals surface area contributed by atoms with E-state index in [9.17, 15) is 9.59 Å². The van der Waals surface area contributed by atoms with E-state index in [1.165, 1.54) is 4.90 Å². The van der Waals surface area contributed by atoms with Crippen LogP contribution in [0.4, 0.5) is 0 Å². The third-order valence-corrected chi connectivity index (χ3v) is 3.88. The van der Waals surface area contributed by atoms with E-state index in [1.807, 2.05) is 12.1 Å². The number of nitrogens with zero attached hydrogens (tertiary/aromatic N) is 1. The molecule has 1 saturated carbocycles. The van der Waals surface area contributed by atoms with Crippen molar-refractivity contribution >= 4 is 11.8 Å². The molecule has 2 aliphatic rings. The first kappa shape index (κ1) is 11.5. The zero-order valence-electron chi connectivity index (χ0n) is 10.3. The van der Waals surface area contributed by atoms with Crippen LogP contribution < -0.4 is 0 Å². The molecule has 1 aromatic rings. The second-order valence-corrected chi connectivity index (χ2v) is 5.08. The van der Waals surface area contributed by atoms with Crippen LogP contribution in [0.1, 0.15) is 46.4 Å². The molecule has 1 aromatic carbocycles. The Kier molecular flexibility index (Phi) is 2.90. The van der Waals surface area contributed by atoms with Crippen molar-refractivity contribution in [1.29, 1.82) is 0 Å². The Hall–Kier alpha value is -1.64. The maximum absolute atomic E-state index is 12.2. The molecule has 2 amide bonds. The highest BCUT2D eigenvalue weighted by Crippen LogP contribution is 2.28. The van der Waals surface area contributed by atoms with E-state index in [2.05, 4.69) is 6.42 Å². The molecular formula is C15H16NO2. The summed E-state index contributed by atoms with van der Waals surface area (Å²) >= 11 is 0. The number of imide groups is 1. The van der Waals surface area contributed by atoms with Gasteiger partial charge in [-0.05, 0) is 50.2 Å². The number of fused-ring (bicyclic) bond motifs is 1. The summed E-state index contributed by atoms with van der Waals surface area (Å²) in [6.45, 7) is 0.584. The number of carbonyl (C=O) groups is 2. The van der Waals surface area contributed by atoms with Crippen molar-refractivity contribution < 1.29 is 9.59 Å². The zero-order valence-corrected chi connectivity index (χ0v) is 10.3. The summed E-state index contributed by atoms with van der Waals surface area (Å²) in [7, 11) is 0. The summed E-state index contributed by atoms with van der Waals surface area (Å²) in [5, 5.41) is 0. The average molecular weight is 242 g/mol. The van der Waals surface area contributed by atoms with Gasteiger partial charge < -0.3 is 0 Å². The van der Waals surface area contributed by atoms with Gasteiger partial charge in [-0.2, -0.15) is 0 Å². The lowest BCUT2D eigenvalue weighted by Crippen LogP contribution is -2.35. The third kappa shape index (κ3) is 1.84. The molecule has 3 nitrogen and oxygen atoms in total. The third-order valence-electron chi connectivity index (χ3n) is 3.88. The highest BCUT2D eigenvalue weighted by molar-refractivity contribution is 6.21. The highest BCUT2D eigenvalue weighted by Gasteiger charge is 2.36. The lowest BCUT2D eigenvalue weighted by atomic mass is 9.89. The Balaban J connectivity index is 1.79. The van der Waals surface area contributed by atoms with Gasteiger partial charge in [0.1, 0.15) is 0 Å². The van der Waals surface area contributed by atoms with E-state index in [0.717, 1.165) is 25.7 Å². The summed E-state index contributed by atoms with van der Waals surface area (Å²) in [5.74, 6) is 0.229. The van der Waals surface area contributed by atoms with Crippen molar-refractivity contribution in [1.82, 2.24) is 4.90 Å². The van der Waals surface area contributed by atoms with Crippen LogP contribution in [-0.2, 0) is 0 Å². The first-order chi connectivity index (χ1) is 8.77. The Labute approximate surface area is 107 Å². The fraction of sp³-hybridized carbons (Fsp3) is 0.400. The van der Waals surface area contributed by atoms with Gasteiger partial charge in [-0.15, -0.1) is 0 Å². The lowest BCUT2D eigenvalue weighted by Gasteiger charge is -2.25. The Morgan fingerprint density at radius 1 is 1.00 bits per heavy atom. The SMILES string of the molecule is O=C1c2ccccc2C(=O)N1CC1CC[CH]CC1. The summed E-state index contributed by atoms with van der Waals surface area (Å²) in [6.07, 6.45) is 6.68. The van der Waals surface area contributed by atoms with Crippen LogP contribution in [0, 0.1) is 12.3 Å². The minimum atomic E-state index is -0.120. The van der Waals surface area contributed by atoms with Crippen molar-refractivity contribution in [2.75, 3.05) is 6.54 Å². The van der Waals surface area contributed by atoms with Crippen molar-refractivity contribution in [2.45, 2.75) is 25.7 Å². The van der Waals surface area contributed by atoms with Crippen LogP contribution in [0.2, 0.25) is 0 Å². The van der Waals surface area contributed by atoms with E-state index in [4.69, 9.17) is 0 Å². The van der Waals surface area contributed by atoms with Gasteiger partial charge in [0.2, 0.25) is 0 Å². The molecule has 0 atom stereocenters. The maximum Gasteiger partial charge on any atom is 0.261 e. The molecule has 0 bridgehead atoms. The molecule has 0 N–H and O–H groups in total. The van der Waals surface area contributed by atoms with Gasteiger partial charge in [-0.1, -0.05) is 12.1 Å². The minimum Gasteiger partial charge on any atom is -0.274 e. The van der Waals surface area contributed by atoms with Crippen LogP contribution in [0.15, 0.2) is 24.3 Å². The van der Waals surface area contributed by atoms with Crippen molar-refractivity contribution in [3.63, 3.8) is 0 Å². The van der Waals surface area contributed by atoms with Gasteiger partial charge in [0.15, 0.2) is 0 Å². The van der Waals surface area contributed by atoms with Crippen LogP contribution in [0.5, 0.6) is 0 Å². The molecule has 1 fully saturated rings. The number of hydrogen-bond donors (Lipinski definition) is 0. The second-order valence-electron chi connectivity index (χ2n) is 5.08. The van der Waals surface area contributed by atoms with E-state index in [1.54, 1.807) is 12.1 Å². The first-order valence-corrected chi connectivity index (χ1v) is 6.54. The smallest absolute Gasteiger partial charge is 0.261 e. The minimum absolute atomic E-state index is 0.120. The maximum atomic E-state index is 12.2. The second kappa shape index (κ2) is 4.56. The number of carbonyl (C=O) groups excluding carboxylic acids is 2. The molecule has 93 valence electrons. The van der Waals surface area contributed by atoms with Gasteiger partial charge in [-0.25, -0.2) is 0 Å². The van der Waals surface area contributed by atoms with E-state index >= 15 is 0 Å². The molecule has 3 rings (SSSR count). The summed E-state index contributed by atoms with van der Waals surface area (Å²) in [4.78, 5) is 25.8. The van der Waals surface area contributed by atoms with Crippen LogP contribution in [-0.4, -0.2) is 23.3 Å². The molecule has 0 aromatic heterocycles. The predicted molar refractivity (Wildman–Crippen MR) is 68.1 cm³/mol. The van der Waals surface area contributed by atoms with Crippen LogP contribution >= 0.6 is 0 Å². The van der Waals surface area contributed by atoms with Gasteiger partial charge >= 0.3 is 0 Å². The number of rotatable bonds is 2.